The van der Waals surface area contributed by atoms with Gasteiger partial charge in [-0.2, -0.15) is 5.10 Å². The lowest BCUT2D eigenvalue weighted by atomic mass is 10.1. The summed E-state index contributed by atoms with van der Waals surface area (Å²) >= 11 is 0. The van der Waals surface area contributed by atoms with Gasteiger partial charge in [0, 0.05) is 12.6 Å². The topological polar surface area (TPSA) is 52.0 Å². The monoisotopic (exact) mass is 212 g/mol. The summed E-state index contributed by atoms with van der Waals surface area (Å²) in [5, 5.41) is 7.52. The number of rotatable bonds is 5. The highest BCUT2D eigenvalue weighted by molar-refractivity contribution is 4.86. The van der Waals surface area contributed by atoms with Gasteiger partial charge in [0.1, 0.15) is 12.2 Å². The van der Waals surface area contributed by atoms with E-state index >= 15 is 0 Å². The van der Waals surface area contributed by atoms with Gasteiger partial charge in [-0.25, -0.2) is 9.67 Å². The Morgan fingerprint density at radius 3 is 2.80 bits per heavy atom. The van der Waals surface area contributed by atoms with Crippen LogP contribution in [0.4, 0.5) is 0 Å². The van der Waals surface area contributed by atoms with Crippen LogP contribution in [0.15, 0.2) is 6.33 Å². The number of nitrogens with zero attached hydrogens (tertiary/aromatic N) is 3. The van der Waals surface area contributed by atoms with Crippen molar-refractivity contribution in [3.8, 4) is 0 Å². The summed E-state index contributed by atoms with van der Waals surface area (Å²) < 4.78 is 6.87. The first-order chi connectivity index (χ1) is 7.03. The van der Waals surface area contributed by atoms with Crippen LogP contribution in [0.3, 0.4) is 0 Å². The van der Waals surface area contributed by atoms with E-state index in [1.807, 2.05) is 4.68 Å². The molecule has 0 aliphatic carbocycles. The second kappa shape index (κ2) is 5.23. The lowest BCUT2D eigenvalue weighted by Gasteiger charge is -2.20. The van der Waals surface area contributed by atoms with Crippen LogP contribution in [0, 0.1) is 0 Å². The minimum Gasteiger partial charge on any atom is -0.383 e. The van der Waals surface area contributed by atoms with Crippen LogP contribution in [-0.4, -0.2) is 34.0 Å². The van der Waals surface area contributed by atoms with Gasteiger partial charge < -0.3 is 10.1 Å². The smallest absolute Gasteiger partial charge is 0.140 e. The molecule has 86 valence electrons. The lowest BCUT2D eigenvalue weighted by Crippen LogP contribution is -2.36. The highest BCUT2D eigenvalue weighted by Gasteiger charge is 2.11. The number of nitrogens with one attached hydrogen (secondary N) is 1. The van der Waals surface area contributed by atoms with Crippen LogP contribution in [0.5, 0.6) is 0 Å². The van der Waals surface area contributed by atoms with E-state index in [-0.39, 0.29) is 5.54 Å². The van der Waals surface area contributed by atoms with Gasteiger partial charge in [0.05, 0.1) is 19.7 Å². The summed E-state index contributed by atoms with van der Waals surface area (Å²) in [5.74, 6) is 0.946. The lowest BCUT2D eigenvalue weighted by molar-refractivity contribution is 0.182. The molecule has 0 aliphatic heterocycles. The fraction of sp³-hybridized carbons (Fsp3) is 0.800. The molecule has 1 aromatic rings. The number of hydrogen-bond donors (Lipinski definition) is 1. The minimum absolute atomic E-state index is 0.0953. The Hall–Kier alpha value is -0.940. The third kappa shape index (κ3) is 4.40. The van der Waals surface area contributed by atoms with Crippen LogP contribution >= 0.6 is 0 Å². The van der Waals surface area contributed by atoms with Gasteiger partial charge in [-0.05, 0) is 20.8 Å². The van der Waals surface area contributed by atoms with Crippen molar-refractivity contribution in [3.05, 3.63) is 12.2 Å². The molecule has 0 bridgehead atoms. The van der Waals surface area contributed by atoms with E-state index in [1.165, 1.54) is 0 Å². The Bertz CT molecular complexity index is 290. The fourth-order valence-electron chi connectivity index (χ4n) is 1.13. The van der Waals surface area contributed by atoms with E-state index in [0.717, 1.165) is 18.9 Å². The molecular weight excluding hydrogens is 192 g/mol. The molecule has 1 heterocycles. The number of methoxy groups -OCH3 is 1. The minimum atomic E-state index is 0.0953. The van der Waals surface area contributed by atoms with Gasteiger partial charge in [0.2, 0.25) is 0 Å². The Morgan fingerprint density at radius 1 is 1.47 bits per heavy atom. The van der Waals surface area contributed by atoms with Crippen molar-refractivity contribution in [2.45, 2.75) is 39.4 Å². The van der Waals surface area contributed by atoms with E-state index in [2.05, 4.69) is 36.2 Å². The zero-order valence-electron chi connectivity index (χ0n) is 9.95. The van der Waals surface area contributed by atoms with Crippen LogP contribution in [0.25, 0.3) is 0 Å². The maximum atomic E-state index is 5.01. The molecule has 0 saturated carbocycles. The quantitative estimate of drug-likeness (QED) is 0.785. The number of aromatic nitrogens is 3. The van der Waals surface area contributed by atoms with E-state index < -0.39 is 0 Å². The van der Waals surface area contributed by atoms with E-state index in [1.54, 1.807) is 13.4 Å². The average Bonchev–Trinajstić information content (AvgIpc) is 2.57. The molecule has 0 spiro atoms. The molecule has 0 aromatic carbocycles. The maximum absolute atomic E-state index is 5.01. The van der Waals surface area contributed by atoms with E-state index in [0.29, 0.717) is 6.61 Å². The first-order valence-electron chi connectivity index (χ1n) is 5.13. The Kier molecular flexibility index (Phi) is 4.23. The standard InChI is InChI=1S/C10H20N4O/c1-10(2,3)12-7-9-11-8-13-14(9)5-6-15-4/h8,12H,5-7H2,1-4H3. The molecule has 0 fully saturated rings. The van der Waals surface area contributed by atoms with Gasteiger partial charge in [-0.1, -0.05) is 0 Å². The molecule has 1 aromatic heterocycles. The van der Waals surface area contributed by atoms with Gasteiger partial charge in [-0.3, -0.25) is 0 Å². The van der Waals surface area contributed by atoms with E-state index in [9.17, 15) is 0 Å². The average molecular weight is 212 g/mol. The molecule has 0 atom stereocenters. The molecule has 15 heavy (non-hydrogen) atoms. The number of ether oxygens (including phenoxy) is 1. The first-order valence-corrected chi connectivity index (χ1v) is 5.13. The van der Waals surface area contributed by atoms with Crippen LogP contribution in [0.1, 0.15) is 26.6 Å². The molecule has 0 radical (unpaired) electrons. The predicted molar refractivity (Wildman–Crippen MR) is 58.5 cm³/mol. The molecule has 0 saturated heterocycles. The highest BCUT2D eigenvalue weighted by atomic mass is 16.5. The van der Waals surface area contributed by atoms with Crippen LogP contribution in [-0.2, 0) is 17.8 Å². The SMILES string of the molecule is COCCn1ncnc1CNC(C)(C)C. The van der Waals surface area contributed by atoms with Crippen LogP contribution in [0.2, 0.25) is 0 Å². The molecule has 1 N–H and O–H groups in total. The second-order valence-corrected chi connectivity index (χ2v) is 4.50. The molecular formula is C10H20N4O. The van der Waals surface area contributed by atoms with Gasteiger partial charge in [0.15, 0.2) is 0 Å². The summed E-state index contributed by atoms with van der Waals surface area (Å²) in [6.45, 7) is 8.52. The zero-order chi connectivity index (χ0) is 11.3. The van der Waals surface area contributed by atoms with Crippen LogP contribution < -0.4 is 5.32 Å². The van der Waals surface area contributed by atoms with Gasteiger partial charge in [-0.15, -0.1) is 0 Å². The van der Waals surface area contributed by atoms with Crippen molar-refractivity contribution in [2.24, 2.45) is 0 Å². The summed E-state index contributed by atoms with van der Waals surface area (Å²) in [6.07, 6.45) is 1.58. The molecule has 5 heteroatoms. The normalized spacial score (nSPS) is 12.0. The Labute approximate surface area is 90.8 Å². The van der Waals surface area contributed by atoms with Crippen molar-refractivity contribution < 1.29 is 4.74 Å². The first kappa shape index (κ1) is 12.1. The van der Waals surface area contributed by atoms with Gasteiger partial charge >= 0.3 is 0 Å². The summed E-state index contributed by atoms with van der Waals surface area (Å²) in [5.41, 5.74) is 0.0953. The fourth-order valence-corrected chi connectivity index (χ4v) is 1.13. The van der Waals surface area contributed by atoms with Crippen molar-refractivity contribution in [2.75, 3.05) is 13.7 Å². The van der Waals surface area contributed by atoms with Gasteiger partial charge in [0.25, 0.3) is 0 Å². The van der Waals surface area contributed by atoms with Crippen molar-refractivity contribution in [3.63, 3.8) is 0 Å². The van der Waals surface area contributed by atoms with Crippen molar-refractivity contribution in [1.29, 1.82) is 0 Å². The number of hydrogen-bond acceptors (Lipinski definition) is 4. The Morgan fingerprint density at radius 2 is 2.20 bits per heavy atom. The highest BCUT2D eigenvalue weighted by Crippen LogP contribution is 2.01. The maximum Gasteiger partial charge on any atom is 0.140 e. The second-order valence-electron chi connectivity index (χ2n) is 4.50. The summed E-state index contributed by atoms with van der Waals surface area (Å²) in [6, 6.07) is 0. The molecule has 0 aliphatic rings. The Balaban J connectivity index is 2.50. The van der Waals surface area contributed by atoms with Crippen molar-refractivity contribution >= 4 is 0 Å². The largest absolute Gasteiger partial charge is 0.383 e. The third-order valence-corrected chi connectivity index (χ3v) is 1.98. The molecule has 5 nitrogen and oxygen atoms in total. The summed E-state index contributed by atoms with van der Waals surface area (Å²) in [7, 11) is 1.68. The van der Waals surface area contributed by atoms with Crippen molar-refractivity contribution in [1.82, 2.24) is 20.1 Å². The predicted octanol–water partition coefficient (Wildman–Crippen LogP) is 0.813. The zero-order valence-corrected chi connectivity index (χ0v) is 9.95. The molecule has 1 rings (SSSR count). The molecule has 0 unspecified atom stereocenters. The summed E-state index contributed by atoms with van der Waals surface area (Å²) in [4.78, 5) is 4.21. The van der Waals surface area contributed by atoms with E-state index in [4.69, 9.17) is 4.74 Å². The third-order valence-electron chi connectivity index (χ3n) is 1.98. The molecule has 0 amide bonds.